The van der Waals surface area contributed by atoms with Crippen LogP contribution in [0.4, 0.5) is 0 Å². The fourth-order valence-corrected chi connectivity index (χ4v) is 4.88. The highest BCUT2D eigenvalue weighted by molar-refractivity contribution is 9.11. The summed E-state index contributed by atoms with van der Waals surface area (Å²) in [4.78, 5) is 12.0. The van der Waals surface area contributed by atoms with Gasteiger partial charge >= 0.3 is 0 Å². The Morgan fingerprint density at radius 3 is 2.43 bits per heavy atom. The largest absolute Gasteiger partial charge is 0.508 e. The van der Waals surface area contributed by atoms with Crippen LogP contribution in [0.5, 0.6) is 11.5 Å². The van der Waals surface area contributed by atoms with Crippen LogP contribution < -0.4 is 4.74 Å². The molecule has 1 N–H and O–H groups in total. The summed E-state index contributed by atoms with van der Waals surface area (Å²) in [6, 6.07) is 9.60. The predicted octanol–water partition coefficient (Wildman–Crippen LogP) is 6.77. The Morgan fingerprint density at radius 2 is 1.86 bits per heavy atom. The van der Waals surface area contributed by atoms with Gasteiger partial charge in [0.25, 0.3) is 0 Å². The zero-order chi connectivity index (χ0) is 20.3. The van der Waals surface area contributed by atoms with Crippen LogP contribution in [-0.4, -0.2) is 17.5 Å². The molecular formula is C23H26Br2O3. The quantitative estimate of drug-likeness (QED) is 0.427. The molecule has 1 saturated carbocycles. The number of Topliss-reactive ketones (excluding diaryl/α,β-unsaturated/α-hetero) is 1. The summed E-state index contributed by atoms with van der Waals surface area (Å²) in [5, 5.41) is 10.0. The first kappa shape index (κ1) is 21.4. The second kappa shape index (κ2) is 9.45. The lowest BCUT2D eigenvalue weighted by Crippen LogP contribution is -2.20. The first-order valence-electron chi connectivity index (χ1n) is 9.77. The van der Waals surface area contributed by atoms with Crippen LogP contribution in [0.15, 0.2) is 39.3 Å². The summed E-state index contributed by atoms with van der Waals surface area (Å²) in [5.41, 5.74) is 3.19. The third-order valence-electron chi connectivity index (χ3n) is 5.35. The van der Waals surface area contributed by atoms with Gasteiger partial charge in [-0.25, -0.2) is 0 Å². The average molecular weight is 510 g/mol. The number of carbonyl (C=O) groups excluding carboxylic acids is 1. The van der Waals surface area contributed by atoms with Crippen LogP contribution in [0.2, 0.25) is 0 Å². The molecule has 1 fully saturated rings. The third kappa shape index (κ3) is 5.38. The fourth-order valence-electron chi connectivity index (χ4n) is 3.45. The zero-order valence-corrected chi connectivity index (χ0v) is 19.5. The Labute approximate surface area is 183 Å². The van der Waals surface area contributed by atoms with Crippen molar-refractivity contribution in [1.82, 2.24) is 0 Å². The maximum absolute atomic E-state index is 12.0. The highest BCUT2D eigenvalue weighted by Gasteiger charge is 2.21. The van der Waals surface area contributed by atoms with Gasteiger partial charge < -0.3 is 9.84 Å². The minimum Gasteiger partial charge on any atom is -0.508 e. The smallest absolute Gasteiger partial charge is 0.170 e. The highest BCUT2D eigenvalue weighted by Crippen LogP contribution is 2.34. The minimum absolute atomic E-state index is 0.129. The van der Waals surface area contributed by atoms with E-state index in [9.17, 15) is 9.90 Å². The SMILES string of the molecule is CC(C)c1cc(Cc2c(Br)cc(OCC(=O)CC3CCC3)cc2Br)ccc1O. The van der Waals surface area contributed by atoms with E-state index in [0.717, 1.165) is 32.1 Å². The maximum Gasteiger partial charge on any atom is 0.170 e. The number of benzene rings is 2. The van der Waals surface area contributed by atoms with Crippen molar-refractivity contribution in [1.29, 1.82) is 0 Å². The Hall–Kier alpha value is -1.33. The molecule has 3 rings (SSSR count). The summed E-state index contributed by atoms with van der Waals surface area (Å²) in [6.07, 6.45) is 4.96. The van der Waals surface area contributed by atoms with Crippen molar-refractivity contribution >= 4 is 37.6 Å². The Balaban J connectivity index is 1.68. The van der Waals surface area contributed by atoms with Crippen LogP contribution in [0.3, 0.4) is 0 Å². The first-order valence-corrected chi connectivity index (χ1v) is 11.4. The van der Waals surface area contributed by atoms with Crippen molar-refractivity contribution in [2.24, 2.45) is 5.92 Å². The Bertz CT molecular complexity index is 834. The van der Waals surface area contributed by atoms with Gasteiger partial charge in [0.15, 0.2) is 5.78 Å². The molecule has 0 radical (unpaired) electrons. The molecule has 2 aromatic rings. The minimum atomic E-state index is 0.129. The van der Waals surface area contributed by atoms with E-state index in [4.69, 9.17) is 4.74 Å². The van der Waals surface area contributed by atoms with Crippen molar-refractivity contribution in [2.75, 3.05) is 6.61 Å². The van der Waals surface area contributed by atoms with Gasteiger partial charge in [-0.3, -0.25) is 4.79 Å². The van der Waals surface area contributed by atoms with E-state index >= 15 is 0 Å². The normalized spacial score (nSPS) is 14.2. The zero-order valence-electron chi connectivity index (χ0n) is 16.3. The molecule has 0 bridgehead atoms. The van der Waals surface area contributed by atoms with Crippen molar-refractivity contribution in [3.05, 3.63) is 56.0 Å². The highest BCUT2D eigenvalue weighted by atomic mass is 79.9. The second-order valence-corrected chi connectivity index (χ2v) is 9.63. The number of carbonyl (C=O) groups is 1. The van der Waals surface area contributed by atoms with Crippen molar-refractivity contribution in [3.63, 3.8) is 0 Å². The van der Waals surface area contributed by atoms with E-state index in [1.807, 2.05) is 18.2 Å². The van der Waals surface area contributed by atoms with Gasteiger partial charge in [-0.1, -0.05) is 77.1 Å². The molecule has 28 heavy (non-hydrogen) atoms. The van der Waals surface area contributed by atoms with Crippen molar-refractivity contribution in [2.45, 2.75) is 51.9 Å². The third-order valence-corrected chi connectivity index (χ3v) is 6.77. The Kier molecular flexibility index (Phi) is 7.21. The van der Waals surface area contributed by atoms with Crippen LogP contribution in [0.1, 0.15) is 62.1 Å². The predicted molar refractivity (Wildman–Crippen MR) is 119 cm³/mol. The molecule has 3 nitrogen and oxygen atoms in total. The molecular weight excluding hydrogens is 484 g/mol. The van der Waals surface area contributed by atoms with E-state index in [2.05, 4.69) is 51.8 Å². The molecule has 5 heteroatoms. The molecule has 0 heterocycles. The molecule has 0 unspecified atom stereocenters. The van der Waals surface area contributed by atoms with E-state index < -0.39 is 0 Å². The molecule has 0 aromatic heterocycles. The van der Waals surface area contributed by atoms with Gasteiger partial charge in [-0.15, -0.1) is 0 Å². The topological polar surface area (TPSA) is 46.5 Å². The van der Waals surface area contributed by atoms with Gasteiger partial charge in [0, 0.05) is 15.4 Å². The molecule has 0 saturated heterocycles. The number of phenolic OH excluding ortho intramolecular Hbond substituents is 1. The van der Waals surface area contributed by atoms with E-state index in [1.54, 1.807) is 6.07 Å². The number of hydrogen-bond acceptors (Lipinski definition) is 3. The van der Waals surface area contributed by atoms with Gasteiger partial charge in [0.1, 0.15) is 18.1 Å². The molecule has 0 amide bonds. The Morgan fingerprint density at radius 1 is 1.18 bits per heavy atom. The maximum atomic E-state index is 12.0. The monoisotopic (exact) mass is 508 g/mol. The summed E-state index contributed by atoms with van der Waals surface area (Å²) >= 11 is 7.28. The molecule has 1 aliphatic rings. The van der Waals surface area contributed by atoms with Crippen molar-refractivity contribution in [3.8, 4) is 11.5 Å². The van der Waals surface area contributed by atoms with Crippen LogP contribution >= 0.6 is 31.9 Å². The number of rotatable bonds is 8. The number of hydrogen-bond donors (Lipinski definition) is 1. The van der Waals surface area contributed by atoms with Crippen molar-refractivity contribution < 1.29 is 14.6 Å². The number of phenols is 1. The lowest BCUT2D eigenvalue weighted by atomic mass is 9.82. The van der Waals surface area contributed by atoms with Crippen LogP contribution in [0.25, 0.3) is 0 Å². The molecule has 150 valence electrons. The van der Waals surface area contributed by atoms with Gasteiger partial charge in [0.05, 0.1) is 0 Å². The van der Waals surface area contributed by atoms with Gasteiger partial charge in [-0.05, 0) is 53.1 Å². The first-order chi connectivity index (χ1) is 13.3. The summed E-state index contributed by atoms with van der Waals surface area (Å²) in [5.74, 6) is 2.02. The van der Waals surface area contributed by atoms with E-state index in [1.165, 1.54) is 19.3 Å². The second-order valence-electron chi connectivity index (χ2n) is 7.92. The molecule has 2 aromatic carbocycles. The number of ether oxygens (including phenoxy) is 1. The van der Waals surface area contributed by atoms with E-state index in [-0.39, 0.29) is 18.3 Å². The fraction of sp³-hybridized carbons (Fsp3) is 0.435. The number of ketones is 1. The molecule has 0 spiro atoms. The van der Waals surface area contributed by atoms with Crippen LogP contribution in [-0.2, 0) is 11.2 Å². The number of aromatic hydroxyl groups is 1. The summed E-state index contributed by atoms with van der Waals surface area (Å²) in [6.45, 7) is 4.27. The summed E-state index contributed by atoms with van der Waals surface area (Å²) < 4.78 is 7.59. The standard InChI is InChI=1S/C23H26Br2O3/c1-14(2)19-9-16(6-7-23(19)27)10-20-21(24)11-18(12-22(20)25)28-13-17(26)8-15-4-3-5-15/h6-7,9,11-12,14-15,27H,3-5,8,10,13H2,1-2H3. The lowest BCUT2D eigenvalue weighted by Gasteiger charge is -2.24. The number of halogens is 2. The lowest BCUT2D eigenvalue weighted by molar-refractivity contribution is -0.122. The average Bonchev–Trinajstić information content (AvgIpc) is 2.60. The molecule has 1 aliphatic carbocycles. The molecule has 0 aliphatic heterocycles. The molecule has 0 atom stereocenters. The van der Waals surface area contributed by atoms with Crippen LogP contribution in [0, 0.1) is 5.92 Å². The summed E-state index contributed by atoms with van der Waals surface area (Å²) in [7, 11) is 0. The van der Waals surface area contributed by atoms with Gasteiger partial charge in [0.2, 0.25) is 0 Å². The van der Waals surface area contributed by atoms with Gasteiger partial charge in [-0.2, -0.15) is 0 Å². The van der Waals surface area contributed by atoms with E-state index in [0.29, 0.717) is 23.8 Å².